The van der Waals surface area contributed by atoms with Crippen LogP contribution in [0.15, 0.2) is 24.7 Å². The van der Waals surface area contributed by atoms with Crippen molar-refractivity contribution >= 4 is 23.3 Å². The van der Waals surface area contributed by atoms with Gasteiger partial charge in [-0.1, -0.05) is 16.8 Å². The number of aryl methyl sites for hydroxylation is 1. The Bertz CT molecular complexity index is 659. The van der Waals surface area contributed by atoms with Gasteiger partial charge >= 0.3 is 6.03 Å². The molecule has 0 radical (unpaired) electrons. The van der Waals surface area contributed by atoms with E-state index in [0.717, 1.165) is 19.4 Å². The van der Waals surface area contributed by atoms with E-state index in [4.69, 9.17) is 11.6 Å². The summed E-state index contributed by atoms with van der Waals surface area (Å²) in [5.74, 6) is 0. The zero-order chi connectivity index (χ0) is 15.5. The molecule has 1 aliphatic rings. The number of hydrogen-bond acceptors (Lipinski definition) is 4. The molecule has 0 bridgehead atoms. The third-order valence-electron chi connectivity index (χ3n) is 3.80. The molecule has 0 saturated carbocycles. The highest BCUT2D eigenvalue weighted by atomic mass is 35.5. The Hall–Kier alpha value is -2.15. The molecule has 8 heteroatoms. The minimum atomic E-state index is -0.155. The number of pyridine rings is 1. The average molecular weight is 321 g/mol. The molecular formula is C14H17ClN6O. The van der Waals surface area contributed by atoms with Gasteiger partial charge in [0.1, 0.15) is 0 Å². The highest BCUT2D eigenvalue weighted by Crippen LogP contribution is 2.25. The first-order valence-electron chi connectivity index (χ1n) is 7.18. The van der Waals surface area contributed by atoms with Gasteiger partial charge in [-0.2, -0.15) is 0 Å². The van der Waals surface area contributed by atoms with Gasteiger partial charge < -0.3 is 10.2 Å². The minimum Gasteiger partial charge on any atom is -0.322 e. The molecule has 1 aliphatic heterocycles. The Morgan fingerprint density at radius 3 is 3.09 bits per heavy atom. The molecule has 2 aromatic rings. The number of nitrogens with one attached hydrogen (secondary N) is 1. The van der Waals surface area contributed by atoms with Crippen LogP contribution in [0.1, 0.15) is 24.6 Å². The smallest absolute Gasteiger partial charge is 0.321 e. The van der Waals surface area contributed by atoms with E-state index >= 15 is 0 Å². The summed E-state index contributed by atoms with van der Waals surface area (Å²) in [5.41, 5.74) is 1.28. The third-order valence-corrected chi connectivity index (χ3v) is 4.28. The van der Waals surface area contributed by atoms with Crippen LogP contribution in [0.25, 0.3) is 0 Å². The van der Waals surface area contributed by atoms with Gasteiger partial charge in [0.05, 0.1) is 28.6 Å². The summed E-state index contributed by atoms with van der Waals surface area (Å²) in [6, 6.07) is 1.71. The van der Waals surface area contributed by atoms with Crippen molar-refractivity contribution < 1.29 is 4.79 Å². The summed E-state index contributed by atoms with van der Waals surface area (Å²) < 4.78 is 1.81. The second-order valence-electron chi connectivity index (χ2n) is 5.31. The second-order valence-corrected chi connectivity index (χ2v) is 5.69. The number of likely N-dealkylation sites (tertiary alicyclic amines) is 1. The number of hydrogen-bond donors (Lipinski definition) is 1. The minimum absolute atomic E-state index is 0.155. The van der Waals surface area contributed by atoms with Crippen molar-refractivity contribution in [3.63, 3.8) is 0 Å². The summed E-state index contributed by atoms with van der Waals surface area (Å²) in [6.07, 6.45) is 7.03. The van der Waals surface area contributed by atoms with Gasteiger partial charge in [0.2, 0.25) is 0 Å². The Kier molecular flexibility index (Phi) is 4.24. The molecule has 116 valence electrons. The maximum atomic E-state index is 12.4. The van der Waals surface area contributed by atoms with Crippen LogP contribution in [0.4, 0.5) is 10.5 Å². The molecule has 0 spiro atoms. The van der Waals surface area contributed by atoms with E-state index in [1.807, 2.05) is 10.9 Å². The molecule has 1 fully saturated rings. The van der Waals surface area contributed by atoms with Gasteiger partial charge in [-0.05, 0) is 25.8 Å². The van der Waals surface area contributed by atoms with Crippen molar-refractivity contribution in [2.75, 3.05) is 18.4 Å². The van der Waals surface area contributed by atoms with Crippen LogP contribution in [0, 0.1) is 6.92 Å². The standard InChI is InChI=1S/C14H17ClN6O/c1-10-13(15)12(4-5-16-10)18-14(22)20-7-2-3-11(9-20)21-8-6-17-19-21/h4-6,8,11H,2-3,7,9H2,1H3,(H,16,18,22). The predicted molar refractivity (Wildman–Crippen MR) is 82.9 cm³/mol. The van der Waals surface area contributed by atoms with Gasteiger partial charge in [0, 0.05) is 25.5 Å². The Morgan fingerprint density at radius 2 is 2.32 bits per heavy atom. The van der Waals surface area contributed by atoms with Gasteiger partial charge in [0.15, 0.2) is 0 Å². The molecule has 22 heavy (non-hydrogen) atoms. The summed E-state index contributed by atoms with van der Waals surface area (Å²) in [4.78, 5) is 18.3. The number of rotatable bonds is 2. The van der Waals surface area contributed by atoms with E-state index in [1.165, 1.54) is 0 Å². The van der Waals surface area contributed by atoms with Crippen molar-refractivity contribution in [3.05, 3.63) is 35.4 Å². The van der Waals surface area contributed by atoms with E-state index in [1.54, 1.807) is 30.3 Å². The lowest BCUT2D eigenvalue weighted by Crippen LogP contribution is -2.43. The summed E-state index contributed by atoms with van der Waals surface area (Å²) >= 11 is 6.17. The molecular weight excluding hydrogens is 304 g/mol. The number of anilines is 1. The fraction of sp³-hybridized carbons (Fsp3) is 0.429. The molecule has 1 saturated heterocycles. The van der Waals surface area contributed by atoms with Gasteiger partial charge in [-0.25, -0.2) is 9.48 Å². The van der Waals surface area contributed by atoms with Crippen LogP contribution in [0.5, 0.6) is 0 Å². The van der Waals surface area contributed by atoms with Gasteiger partial charge in [-0.3, -0.25) is 4.98 Å². The van der Waals surface area contributed by atoms with E-state index < -0.39 is 0 Å². The van der Waals surface area contributed by atoms with E-state index in [2.05, 4.69) is 20.6 Å². The predicted octanol–water partition coefficient (Wildman–Crippen LogP) is 2.50. The Morgan fingerprint density at radius 1 is 1.45 bits per heavy atom. The van der Waals surface area contributed by atoms with Crippen LogP contribution in [0.2, 0.25) is 5.02 Å². The topological polar surface area (TPSA) is 75.9 Å². The lowest BCUT2D eigenvalue weighted by molar-refractivity contribution is 0.174. The molecule has 0 aromatic carbocycles. The Labute approximate surface area is 133 Å². The van der Waals surface area contributed by atoms with E-state index in [0.29, 0.717) is 22.9 Å². The number of urea groups is 1. The number of amides is 2. The van der Waals surface area contributed by atoms with Crippen LogP contribution in [-0.4, -0.2) is 44.0 Å². The molecule has 3 rings (SSSR count). The average Bonchev–Trinajstić information content (AvgIpc) is 3.06. The number of halogens is 1. The molecule has 0 aliphatic carbocycles. The number of piperidine rings is 1. The number of carbonyl (C=O) groups excluding carboxylic acids is 1. The largest absolute Gasteiger partial charge is 0.322 e. The molecule has 2 amide bonds. The first-order valence-corrected chi connectivity index (χ1v) is 7.56. The molecule has 1 unspecified atom stereocenters. The zero-order valence-corrected chi connectivity index (χ0v) is 13.0. The molecule has 3 heterocycles. The van der Waals surface area contributed by atoms with Gasteiger partial charge in [-0.15, -0.1) is 5.10 Å². The van der Waals surface area contributed by atoms with E-state index in [9.17, 15) is 4.79 Å². The van der Waals surface area contributed by atoms with Crippen molar-refractivity contribution in [2.24, 2.45) is 0 Å². The summed E-state index contributed by atoms with van der Waals surface area (Å²) in [5, 5.41) is 11.2. The highest BCUT2D eigenvalue weighted by molar-refractivity contribution is 6.34. The van der Waals surface area contributed by atoms with Crippen molar-refractivity contribution in [1.82, 2.24) is 24.9 Å². The summed E-state index contributed by atoms with van der Waals surface area (Å²) in [6.45, 7) is 3.13. The van der Waals surface area contributed by atoms with Crippen LogP contribution >= 0.6 is 11.6 Å². The number of aromatic nitrogens is 4. The van der Waals surface area contributed by atoms with Crippen LogP contribution < -0.4 is 5.32 Å². The van der Waals surface area contributed by atoms with Crippen LogP contribution in [-0.2, 0) is 0 Å². The summed E-state index contributed by atoms with van der Waals surface area (Å²) in [7, 11) is 0. The fourth-order valence-electron chi connectivity index (χ4n) is 2.61. The molecule has 1 atom stereocenters. The number of nitrogens with zero attached hydrogens (tertiary/aromatic N) is 5. The molecule has 2 aromatic heterocycles. The quantitative estimate of drug-likeness (QED) is 0.922. The highest BCUT2D eigenvalue weighted by Gasteiger charge is 2.25. The third kappa shape index (κ3) is 3.04. The second kappa shape index (κ2) is 6.31. The maximum absolute atomic E-state index is 12.4. The number of carbonyl (C=O) groups is 1. The lowest BCUT2D eigenvalue weighted by Gasteiger charge is -2.32. The molecule has 7 nitrogen and oxygen atoms in total. The first kappa shape index (κ1) is 14.8. The monoisotopic (exact) mass is 320 g/mol. The van der Waals surface area contributed by atoms with Crippen molar-refractivity contribution in [2.45, 2.75) is 25.8 Å². The van der Waals surface area contributed by atoms with E-state index in [-0.39, 0.29) is 12.1 Å². The SMILES string of the molecule is Cc1nccc(NC(=O)N2CCCC(n3ccnn3)C2)c1Cl. The van der Waals surface area contributed by atoms with Crippen molar-refractivity contribution in [1.29, 1.82) is 0 Å². The molecule has 1 N–H and O–H groups in total. The lowest BCUT2D eigenvalue weighted by atomic mass is 10.1. The van der Waals surface area contributed by atoms with Gasteiger partial charge in [0.25, 0.3) is 0 Å². The zero-order valence-electron chi connectivity index (χ0n) is 12.2. The maximum Gasteiger partial charge on any atom is 0.321 e. The fourth-order valence-corrected chi connectivity index (χ4v) is 2.77. The van der Waals surface area contributed by atoms with Crippen molar-refractivity contribution in [3.8, 4) is 0 Å². The Balaban J connectivity index is 1.68. The first-order chi connectivity index (χ1) is 10.6. The van der Waals surface area contributed by atoms with Crippen LogP contribution in [0.3, 0.4) is 0 Å². The normalized spacial score (nSPS) is 18.3.